The van der Waals surface area contributed by atoms with E-state index in [9.17, 15) is 10.1 Å². The van der Waals surface area contributed by atoms with Crippen molar-refractivity contribution in [1.29, 1.82) is 5.26 Å². The lowest BCUT2D eigenvalue weighted by Gasteiger charge is -2.06. The quantitative estimate of drug-likeness (QED) is 0.570. The minimum Gasteiger partial charge on any atom is -0.384 e. The Morgan fingerprint density at radius 2 is 2.13 bits per heavy atom. The summed E-state index contributed by atoms with van der Waals surface area (Å²) in [6.07, 6.45) is 0.723. The van der Waals surface area contributed by atoms with Gasteiger partial charge >= 0.3 is 0 Å². The number of nitrogens with zero attached hydrogens (tertiary/aromatic N) is 3. The zero-order chi connectivity index (χ0) is 16.2. The first-order valence-corrected chi connectivity index (χ1v) is 7.76. The van der Waals surface area contributed by atoms with Crippen molar-refractivity contribution in [3.8, 4) is 6.07 Å². The number of thiazole rings is 1. The highest BCUT2D eigenvalue weighted by Gasteiger charge is 2.10. The lowest BCUT2D eigenvalue weighted by molar-refractivity contribution is -0.384. The molecule has 0 saturated heterocycles. The number of nitrogens with one attached hydrogen (secondary N) is 1. The zero-order valence-electron chi connectivity index (χ0n) is 12.0. The van der Waals surface area contributed by atoms with Gasteiger partial charge in [0, 0.05) is 25.1 Å². The van der Waals surface area contributed by atoms with Crippen LogP contribution >= 0.6 is 11.3 Å². The normalized spacial score (nSPS) is 10.4. The van der Waals surface area contributed by atoms with E-state index in [2.05, 4.69) is 10.3 Å². The van der Waals surface area contributed by atoms with E-state index >= 15 is 0 Å². The molecule has 7 heteroatoms. The number of anilines is 1. The summed E-state index contributed by atoms with van der Waals surface area (Å²) in [7, 11) is 0. The molecule has 0 aliphatic carbocycles. The molecule has 0 radical (unpaired) electrons. The van der Waals surface area contributed by atoms with Gasteiger partial charge in [0.2, 0.25) is 0 Å². The van der Waals surface area contributed by atoms with Gasteiger partial charge in [-0.25, -0.2) is 4.98 Å². The van der Waals surface area contributed by atoms with Crippen LogP contribution in [0.5, 0.6) is 0 Å². The largest absolute Gasteiger partial charge is 0.384 e. The summed E-state index contributed by atoms with van der Waals surface area (Å²) in [6.45, 7) is 0.603. The average molecular weight is 324 g/mol. The summed E-state index contributed by atoms with van der Waals surface area (Å²) in [4.78, 5) is 14.8. The van der Waals surface area contributed by atoms with Crippen molar-refractivity contribution >= 4 is 32.9 Å². The Bertz CT molecular complexity index is 881. The van der Waals surface area contributed by atoms with Gasteiger partial charge in [-0.3, -0.25) is 10.1 Å². The van der Waals surface area contributed by atoms with Crippen LogP contribution in [0.1, 0.15) is 10.6 Å². The highest BCUT2D eigenvalue weighted by molar-refractivity contribution is 7.18. The van der Waals surface area contributed by atoms with E-state index in [1.807, 2.05) is 30.3 Å². The summed E-state index contributed by atoms with van der Waals surface area (Å²) in [6, 6.07) is 14.2. The minimum absolute atomic E-state index is 0.0849. The van der Waals surface area contributed by atoms with Gasteiger partial charge in [-0.05, 0) is 18.2 Å². The van der Waals surface area contributed by atoms with E-state index < -0.39 is 4.92 Å². The Hall–Kier alpha value is -2.98. The van der Waals surface area contributed by atoms with Crippen LogP contribution < -0.4 is 5.32 Å². The molecule has 3 rings (SSSR count). The van der Waals surface area contributed by atoms with E-state index in [0.717, 1.165) is 21.6 Å². The van der Waals surface area contributed by atoms with Crippen LogP contribution in [0, 0.1) is 21.4 Å². The number of non-ortho nitro benzene ring substituents is 1. The topological polar surface area (TPSA) is 91.8 Å². The van der Waals surface area contributed by atoms with Crippen molar-refractivity contribution in [3.05, 3.63) is 63.1 Å². The molecule has 6 nitrogen and oxygen atoms in total. The molecule has 0 bridgehead atoms. The Morgan fingerprint density at radius 3 is 2.87 bits per heavy atom. The SMILES string of the molecule is N#Cc1cc([N+](=O)[O-])ccc1NCCc1nc2ccccc2s1. The lowest BCUT2D eigenvalue weighted by Crippen LogP contribution is -2.06. The molecule has 0 spiro atoms. The molecular weight excluding hydrogens is 312 g/mol. The number of aromatic nitrogens is 1. The maximum Gasteiger partial charge on any atom is 0.270 e. The molecule has 0 amide bonds. The number of hydrogen-bond acceptors (Lipinski definition) is 6. The van der Waals surface area contributed by atoms with Gasteiger partial charge in [-0.15, -0.1) is 11.3 Å². The molecule has 0 saturated carbocycles. The molecular formula is C16H12N4O2S. The third-order valence-corrected chi connectivity index (χ3v) is 4.42. The first-order chi connectivity index (χ1) is 11.2. The molecule has 3 aromatic rings. The van der Waals surface area contributed by atoms with Crippen LogP contribution in [0.15, 0.2) is 42.5 Å². The number of para-hydroxylation sites is 1. The summed E-state index contributed by atoms with van der Waals surface area (Å²) in [5, 5.41) is 24.0. The van der Waals surface area contributed by atoms with Crippen molar-refractivity contribution in [2.75, 3.05) is 11.9 Å². The Kier molecular flexibility index (Phi) is 4.17. The average Bonchev–Trinajstić information content (AvgIpc) is 2.97. The fraction of sp³-hybridized carbons (Fsp3) is 0.125. The van der Waals surface area contributed by atoms with Crippen LogP contribution in [-0.4, -0.2) is 16.5 Å². The molecule has 0 fully saturated rings. The van der Waals surface area contributed by atoms with Crippen LogP contribution in [0.2, 0.25) is 0 Å². The van der Waals surface area contributed by atoms with Gasteiger partial charge in [-0.1, -0.05) is 12.1 Å². The zero-order valence-corrected chi connectivity index (χ0v) is 12.8. The minimum atomic E-state index is -0.508. The number of benzene rings is 2. The fourth-order valence-electron chi connectivity index (χ4n) is 2.22. The van der Waals surface area contributed by atoms with Gasteiger partial charge in [0.15, 0.2) is 0 Å². The standard InChI is InChI=1S/C16H12N4O2S/c17-10-11-9-12(20(21)22)5-6-13(11)18-8-7-16-19-14-3-1-2-4-15(14)23-16/h1-6,9,18H,7-8H2. The predicted molar refractivity (Wildman–Crippen MR) is 89.6 cm³/mol. The molecule has 1 aromatic heterocycles. The molecule has 1 heterocycles. The molecule has 1 N–H and O–H groups in total. The summed E-state index contributed by atoms with van der Waals surface area (Å²) in [5.41, 5.74) is 1.77. The molecule has 2 aromatic carbocycles. The Balaban J connectivity index is 1.68. The summed E-state index contributed by atoms with van der Waals surface area (Å²) in [5.74, 6) is 0. The molecule has 0 unspecified atom stereocenters. The first kappa shape index (κ1) is 14.9. The number of fused-ring (bicyclic) bond motifs is 1. The van der Waals surface area contributed by atoms with Crippen LogP contribution in [0.4, 0.5) is 11.4 Å². The maximum absolute atomic E-state index is 10.7. The van der Waals surface area contributed by atoms with Crippen molar-refractivity contribution in [2.24, 2.45) is 0 Å². The Morgan fingerprint density at radius 1 is 1.30 bits per heavy atom. The second-order valence-corrected chi connectivity index (χ2v) is 5.97. The molecule has 0 aliphatic rings. The van der Waals surface area contributed by atoms with E-state index in [1.54, 1.807) is 17.4 Å². The lowest BCUT2D eigenvalue weighted by atomic mass is 10.1. The van der Waals surface area contributed by atoms with E-state index in [1.165, 1.54) is 12.1 Å². The second-order valence-electron chi connectivity index (χ2n) is 4.85. The molecule has 23 heavy (non-hydrogen) atoms. The molecule has 114 valence electrons. The third kappa shape index (κ3) is 3.27. The number of nitriles is 1. The second kappa shape index (κ2) is 6.42. The number of hydrogen-bond donors (Lipinski definition) is 1. The third-order valence-electron chi connectivity index (χ3n) is 3.33. The van der Waals surface area contributed by atoms with Crippen molar-refractivity contribution in [3.63, 3.8) is 0 Å². The molecule has 0 aliphatic heterocycles. The number of rotatable bonds is 5. The fourth-order valence-corrected chi connectivity index (χ4v) is 3.19. The molecule has 0 atom stereocenters. The van der Waals surface area contributed by atoms with Gasteiger partial charge in [0.25, 0.3) is 5.69 Å². The van der Waals surface area contributed by atoms with E-state index in [0.29, 0.717) is 12.2 Å². The number of nitro benzene ring substituents is 1. The predicted octanol–water partition coefficient (Wildman–Crippen LogP) is 3.73. The van der Waals surface area contributed by atoms with Crippen molar-refractivity contribution in [1.82, 2.24) is 4.98 Å². The van der Waals surface area contributed by atoms with Gasteiger partial charge in [0.1, 0.15) is 6.07 Å². The van der Waals surface area contributed by atoms with Crippen LogP contribution in [-0.2, 0) is 6.42 Å². The highest BCUT2D eigenvalue weighted by atomic mass is 32.1. The Labute approximate surface area is 136 Å². The van der Waals surface area contributed by atoms with E-state index in [-0.39, 0.29) is 11.3 Å². The van der Waals surface area contributed by atoms with Crippen molar-refractivity contribution in [2.45, 2.75) is 6.42 Å². The summed E-state index contributed by atoms with van der Waals surface area (Å²) >= 11 is 1.64. The number of nitro groups is 1. The summed E-state index contributed by atoms with van der Waals surface area (Å²) < 4.78 is 1.15. The first-order valence-electron chi connectivity index (χ1n) is 6.94. The van der Waals surface area contributed by atoms with Crippen LogP contribution in [0.25, 0.3) is 10.2 Å². The monoisotopic (exact) mass is 324 g/mol. The smallest absolute Gasteiger partial charge is 0.270 e. The highest BCUT2D eigenvalue weighted by Crippen LogP contribution is 2.23. The maximum atomic E-state index is 10.7. The van der Waals surface area contributed by atoms with E-state index in [4.69, 9.17) is 5.26 Å². The van der Waals surface area contributed by atoms with Crippen molar-refractivity contribution < 1.29 is 4.92 Å². The van der Waals surface area contributed by atoms with Gasteiger partial charge in [-0.2, -0.15) is 5.26 Å². The van der Waals surface area contributed by atoms with Gasteiger partial charge in [0.05, 0.1) is 31.4 Å². The van der Waals surface area contributed by atoms with Crippen LogP contribution in [0.3, 0.4) is 0 Å². The van der Waals surface area contributed by atoms with Gasteiger partial charge < -0.3 is 5.32 Å².